The van der Waals surface area contributed by atoms with Crippen molar-refractivity contribution in [3.05, 3.63) is 12.0 Å². The number of alkyl halides is 2. The molecule has 8 nitrogen and oxygen atoms in total. The summed E-state index contributed by atoms with van der Waals surface area (Å²) < 4.78 is 29.1. The summed E-state index contributed by atoms with van der Waals surface area (Å²) in [5, 5.41) is 22.8. The van der Waals surface area contributed by atoms with Crippen LogP contribution in [0.15, 0.2) is 11.4 Å². The van der Waals surface area contributed by atoms with Gasteiger partial charge in [-0.3, -0.25) is 5.41 Å². The predicted molar refractivity (Wildman–Crippen MR) is 97.6 cm³/mol. The molecule has 3 heterocycles. The lowest BCUT2D eigenvalue weighted by Crippen LogP contribution is -2.46. The minimum atomic E-state index is -2.73. The highest BCUT2D eigenvalue weighted by molar-refractivity contribution is 6.38. The van der Waals surface area contributed by atoms with Crippen LogP contribution in [0, 0.1) is 0 Å². The highest BCUT2D eigenvalue weighted by atomic mass is 19.3. The molecule has 10 heteroatoms. The molecule has 27 heavy (non-hydrogen) atoms. The fourth-order valence-electron chi connectivity index (χ4n) is 2.89. The third-order valence-electron chi connectivity index (χ3n) is 4.55. The van der Waals surface area contributed by atoms with Gasteiger partial charge in [0.2, 0.25) is 5.71 Å². The van der Waals surface area contributed by atoms with Crippen molar-refractivity contribution in [1.29, 1.82) is 0 Å². The largest absolute Gasteiger partial charge is 0.410 e. The number of oxime groups is 1. The Kier molecular flexibility index (Phi) is 4.61. The zero-order valence-corrected chi connectivity index (χ0v) is 15.9. The second-order valence-corrected chi connectivity index (χ2v) is 7.90. The van der Waals surface area contributed by atoms with Gasteiger partial charge in [-0.05, 0) is 6.92 Å². The van der Waals surface area contributed by atoms with E-state index in [9.17, 15) is 8.78 Å². The molecule has 1 aliphatic heterocycles. The van der Waals surface area contributed by atoms with Gasteiger partial charge in [-0.2, -0.15) is 5.10 Å². The molecule has 0 spiro atoms. The summed E-state index contributed by atoms with van der Waals surface area (Å²) in [5.41, 5.74) is 0.738. The molecule has 1 fully saturated rings. The number of fused-ring (bicyclic) bond motifs is 1. The van der Waals surface area contributed by atoms with Gasteiger partial charge < -0.3 is 10.1 Å². The van der Waals surface area contributed by atoms with E-state index in [-0.39, 0.29) is 37.2 Å². The van der Waals surface area contributed by atoms with E-state index in [1.807, 2.05) is 20.8 Å². The number of rotatable bonds is 4. The van der Waals surface area contributed by atoms with Crippen LogP contribution in [0.5, 0.6) is 0 Å². The van der Waals surface area contributed by atoms with E-state index < -0.39 is 5.92 Å². The van der Waals surface area contributed by atoms with Gasteiger partial charge in [-0.15, -0.1) is 0 Å². The maximum Gasteiger partial charge on any atom is 0.266 e. The Labute approximate surface area is 155 Å². The average Bonchev–Trinajstić information content (AvgIpc) is 3.15. The topological polar surface area (TPSA) is 105 Å². The Bertz CT molecular complexity index is 914. The number of hydrogen-bond donors (Lipinski definition) is 2. The summed E-state index contributed by atoms with van der Waals surface area (Å²) in [6.45, 7) is 7.46. The summed E-state index contributed by atoms with van der Waals surface area (Å²) in [6, 6.07) is 0. The van der Waals surface area contributed by atoms with Crippen molar-refractivity contribution in [3.8, 4) is 0 Å². The molecule has 1 saturated heterocycles. The lowest BCUT2D eigenvalue weighted by Gasteiger charge is -2.22. The predicted octanol–water partition coefficient (Wildman–Crippen LogP) is 1.02. The monoisotopic (exact) mass is 380 g/mol. The quantitative estimate of drug-likeness (QED) is 0.468. The van der Waals surface area contributed by atoms with E-state index in [4.69, 9.17) is 10.6 Å². The fraction of sp³-hybridized carbons (Fsp3) is 0.588. The zero-order chi connectivity index (χ0) is 20.0. The molecule has 2 aromatic rings. The molecule has 146 valence electrons. The standard InChI is InChI=1S/C17H23F2N7O/c1-10(24-27)12(20)8-26-14-11(7-21-26)13(22-15(23-14)16(2,3)4)25-6-5-17(18,19)9-25/h7,20,27H,5-6,8-9H2,1-4H3/p+1/b20-12?,24-10-. The van der Waals surface area contributed by atoms with Gasteiger partial charge >= 0.3 is 0 Å². The molecule has 0 atom stereocenters. The fourth-order valence-corrected chi connectivity index (χ4v) is 2.89. The van der Waals surface area contributed by atoms with Crippen LogP contribution in [0.1, 0.15) is 39.9 Å². The van der Waals surface area contributed by atoms with Crippen LogP contribution >= 0.6 is 0 Å². The minimum absolute atomic E-state index is 0.162. The smallest absolute Gasteiger partial charge is 0.266 e. The maximum atomic E-state index is 13.8. The van der Waals surface area contributed by atoms with Crippen LogP contribution in [-0.2, 0) is 12.0 Å². The van der Waals surface area contributed by atoms with Gasteiger partial charge in [0.1, 0.15) is 23.9 Å². The summed E-state index contributed by atoms with van der Waals surface area (Å²) >= 11 is 0. The Morgan fingerprint density at radius 2 is 2.07 bits per heavy atom. The summed E-state index contributed by atoms with van der Waals surface area (Å²) in [7, 11) is 0. The third-order valence-corrected chi connectivity index (χ3v) is 4.55. The summed E-state index contributed by atoms with van der Waals surface area (Å²) in [5.74, 6) is -1.74. The Balaban J connectivity index is 2.11. The third kappa shape index (κ3) is 3.74. The molecule has 3 N–H and O–H groups in total. The lowest BCUT2D eigenvalue weighted by molar-refractivity contribution is -0.113. The summed E-state index contributed by atoms with van der Waals surface area (Å²) in [4.78, 5) is 10.8. The molecular formula is C17H24F2N7O+. The zero-order valence-electron chi connectivity index (χ0n) is 15.9. The van der Waals surface area contributed by atoms with Crippen LogP contribution in [0.4, 0.5) is 14.6 Å². The molecular weight excluding hydrogens is 356 g/mol. The first-order valence-electron chi connectivity index (χ1n) is 8.69. The van der Waals surface area contributed by atoms with Crippen molar-refractivity contribution in [2.45, 2.75) is 52.0 Å². The molecule has 3 rings (SSSR count). The van der Waals surface area contributed by atoms with Crippen molar-refractivity contribution < 1.29 is 19.4 Å². The average molecular weight is 380 g/mol. The van der Waals surface area contributed by atoms with E-state index in [2.05, 4.69) is 20.2 Å². The molecule has 0 amide bonds. The van der Waals surface area contributed by atoms with Crippen LogP contribution < -0.4 is 10.3 Å². The van der Waals surface area contributed by atoms with Crippen LogP contribution in [0.3, 0.4) is 0 Å². The second kappa shape index (κ2) is 6.50. The van der Waals surface area contributed by atoms with Gasteiger partial charge in [0.25, 0.3) is 5.92 Å². The Morgan fingerprint density at radius 1 is 1.37 bits per heavy atom. The summed E-state index contributed by atoms with van der Waals surface area (Å²) in [6.07, 6.45) is 1.36. The first-order chi connectivity index (χ1) is 12.5. The van der Waals surface area contributed by atoms with Crippen LogP contribution in [0.2, 0.25) is 0 Å². The normalized spacial score (nSPS) is 17.7. The highest BCUT2D eigenvalue weighted by Gasteiger charge is 2.40. The van der Waals surface area contributed by atoms with E-state index in [0.29, 0.717) is 28.4 Å². The second-order valence-electron chi connectivity index (χ2n) is 7.90. The molecule has 2 aromatic heterocycles. The van der Waals surface area contributed by atoms with Crippen LogP contribution in [0.25, 0.3) is 11.0 Å². The van der Waals surface area contributed by atoms with Crippen molar-refractivity contribution in [2.75, 3.05) is 18.0 Å². The Hall–Kier alpha value is -2.65. The van der Waals surface area contributed by atoms with E-state index >= 15 is 0 Å². The van der Waals surface area contributed by atoms with Gasteiger partial charge in [0.05, 0.1) is 18.1 Å². The van der Waals surface area contributed by atoms with Crippen molar-refractivity contribution in [1.82, 2.24) is 19.7 Å². The molecule has 0 bridgehead atoms. The van der Waals surface area contributed by atoms with E-state index in [1.54, 1.807) is 22.7 Å². The first kappa shape index (κ1) is 19.1. The molecule has 1 aliphatic rings. The van der Waals surface area contributed by atoms with Gasteiger partial charge in [-0.25, -0.2) is 23.4 Å². The Morgan fingerprint density at radius 3 is 2.63 bits per heavy atom. The molecule has 0 unspecified atom stereocenters. The van der Waals surface area contributed by atoms with E-state index in [0.717, 1.165) is 0 Å². The number of halogens is 2. The maximum absolute atomic E-state index is 13.8. The van der Waals surface area contributed by atoms with Gasteiger partial charge in [-0.1, -0.05) is 25.9 Å². The van der Waals surface area contributed by atoms with Crippen LogP contribution in [-0.4, -0.2) is 55.4 Å². The van der Waals surface area contributed by atoms with Crippen molar-refractivity contribution >= 4 is 28.3 Å². The van der Waals surface area contributed by atoms with Crippen molar-refractivity contribution in [2.24, 2.45) is 5.16 Å². The molecule has 0 saturated carbocycles. The number of nitrogens with zero attached hydrogens (tertiary/aromatic N) is 6. The van der Waals surface area contributed by atoms with Gasteiger partial charge in [0, 0.05) is 18.4 Å². The number of aromatic nitrogens is 4. The van der Waals surface area contributed by atoms with Gasteiger partial charge in [0.15, 0.2) is 5.65 Å². The SMILES string of the molecule is C/C(=N/O)C(=[NH2+])Cn1ncc2c(N3CCC(F)(F)C3)nc(C(C)(C)C)nc21. The number of anilines is 1. The van der Waals surface area contributed by atoms with Crippen molar-refractivity contribution in [3.63, 3.8) is 0 Å². The molecule has 0 radical (unpaired) electrons. The number of hydrogen-bond acceptors (Lipinski definition) is 6. The molecule has 0 aliphatic carbocycles. The first-order valence-corrected chi connectivity index (χ1v) is 8.69. The lowest BCUT2D eigenvalue weighted by atomic mass is 9.95. The van der Waals surface area contributed by atoms with E-state index in [1.165, 1.54) is 0 Å². The highest BCUT2D eigenvalue weighted by Crippen LogP contribution is 2.34. The minimum Gasteiger partial charge on any atom is -0.410 e. The number of nitrogens with two attached hydrogens (primary N) is 1. The molecule has 0 aromatic carbocycles.